The molecule has 1 aliphatic carbocycles. The number of benzene rings is 1. The van der Waals surface area contributed by atoms with Crippen LogP contribution in [0.15, 0.2) is 58.3 Å². The van der Waals surface area contributed by atoms with E-state index in [1.807, 2.05) is 24.3 Å². The highest BCUT2D eigenvalue weighted by Gasteiger charge is 2.40. The summed E-state index contributed by atoms with van der Waals surface area (Å²) in [6, 6.07) is 10.8. The second kappa shape index (κ2) is 5.99. The number of aromatic nitrogens is 3. The molecule has 2 atom stereocenters. The molecule has 3 aromatic rings. The molecule has 2 aromatic heterocycles. The standard InChI is InChI=1S/C19H16ClN5O2/c20-12-5-3-10(4-6-12)17-16-13(22-19-23-18(21)24-25(17)19)8-11(9-14(16)26)15-2-1-7-27-15/h1-7,11,17H,8-9H2,(H3,21,22,23,24)/t11-,17+/m0/s1. The Balaban J connectivity index is 1.63. The molecular weight excluding hydrogens is 366 g/mol. The fourth-order valence-electron chi connectivity index (χ4n) is 3.91. The van der Waals surface area contributed by atoms with E-state index in [1.54, 1.807) is 23.1 Å². The molecule has 2 aliphatic rings. The molecule has 0 saturated heterocycles. The molecular formula is C19H16ClN5O2. The fourth-order valence-corrected chi connectivity index (χ4v) is 4.03. The zero-order chi connectivity index (χ0) is 18.5. The first-order valence-electron chi connectivity index (χ1n) is 8.64. The van der Waals surface area contributed by atoms with Crippen LogP contribution in [-0.2, 0) is 4.79 Å². The van der Waals surface area contributed by atoms with Crippen molar-refractivity contribution in [1.29, 1.82) is 0 Å². The molecule has 0 bridgehead atoms. The van der Waals surface area contributed by atoms with E-state index >= 15 is 0 Å². The van der Waals surface area contributed by atoms with Crippen LogP contribution in [0.4, 0.5) is 11.9 Å². The first-order valence-corrected chi connectivity index (χ1v) is 9.02. The molecule has 7 nitrogen and oxygen atoms in total. The van der Waals surface area contributed by atoms with Gasteiger partial charge in [0.05, 0.1) is 6.26 Å². The maximum Gasteiger partial charge on any atom is 0.241 e. The highest BCUT2D eigenvalue weighted by Crippen LogP contribution is 2.44. The Morgan fingerprint density at radius 3 is 2.78 bits per heavy atom. The second-order valence-corrected chi connectivity index (χ2v) is 7.19. The predicted octanol–water partition coefficient (Wildman–Crippen LogP) is 3.52. The van der Waals surface area contributed by atoms with Gasteiger partial charge in [-0.15, -0.1) is 5.10 Å². The molecule has 0 saturated carbocycles. The minimum absolute atomic E-state index is 0.00330. The number of hydrogen-bond donors (Lipinski definition) is 2. The summed E-state index contributed by atoms with van der Waals surface area (Å²) in [5.74, 6) is 1.55. The number of carbonyl (C=O) groups excluding carboxylic acids is 1. The van der Waals surface area contributed by atoms with Gasteiger partial charge in [-0.1, -0.05) is 23.7 Å². The minimum Gasteiger partial charge on any atom is -0.469 e. The fraction of sp³-hybridized carbons (Fsp3) is 0.211. The molecule has 0 fully saturated rings. The molecule has 0 amide bonds. The van der Waals surface area contributed by atoms with Gasteiger partial charge in [0, 0.05) is 28.6 Å². The van der Waals surface area contributed by atoms with Crippen molar-refractivity contribution in [3.05, 3.63) is 70.3 Å². The Labute approximate surface area is 159 Å². The van der Waals surface area contributed by atoms with Gasteiger partial charge in [-0.05, 0) is 36.2 Å². The molecule has 27 heavy (non-hydrogen) atoms. The van der Waals surface area contributed by atoms with Crippen molar-refractivity contribution in [2.75, 3.05) is 11.1 Å². The lowest BCUT2D eigenvalue weighted by Gasteiger charge is -2.34. The van der Waals surface area contributed by atoms with Crippen molar-refractivity contribution in [3.63, 3.8) is 0 Å². The third kappa shape index (κ3) is 2.62. The summed E-state index contributed by atoms with van der Waals surface area (Å²) in [4.78, 5) is 17.4. The van der Waals surface area contributed by atoms with E-state index in [2.05, 4.69) is 15.4 Å². The van der Waals surface area contributed by atoms with Gasteiger partial charge in [0.25, 0.3) is 0 Å². The topological polar surface area (TPSA) is 99.0 Å². The highest BCUT2D eigenvalue weighted by molar-refractivity contribution is 6.30. The summed E-state index contributed by atoms with van der Waals surface area (Å²) < 4.78 is 7.20. The number of allylic oxidation sites excluding steroid dienone is 2. The number of rotatable bonds is 2. The number of ketones is 1. The van der Waals surface area contributed by atoms with E-state index < -0.39 is 0 Å². The summed E-state index contributed by atoms with van der Waals surface area (Å²) >= 11 is 6.04. The van der Waals surface area contributed by atoms with E-state index in [4.69, 9.17) is 21.8 Å². The van der Waals surface area contributed by atoms with Gasteiger partial charge in [0.15, 0.2) is 5.78 Å². The van der Waals surface area contributed by atoms with Crippen molar-refractivity contribution in [2.45, 2.75) is 24.8 Å². The SMILES string of the molecule is Nc1nc2n(n1)[C@H](c1ccc(Cl)cc1)C1=C(C[C@H](c3ccco3)CC1=O)N2. The number of anilines is 2. The van der Waals surface area contributed by atoms with Crippen molar-refractivity contribution >= 4 is 29.3 Å². The summed E-state index contributed by atoms with van der Waals surface area (Å²) in [6.07, 6.45) is 2.68. The monoisotopic (exact) mass is 381 g/mol. The van der Waals surface area contributed by atoms with Crippen LogP contribution in [-0.4, -0.2) is 20.5 Å². The molecule has 3 heterocycles. The summed E-state index contributed by atoms with van der Waals surface area (Å²) in [5, 5.41) is 8.19. The molecule has 1 aromatic carbocycles. The number of nitrogen functional groups attached to an aromatic ring is 1. The van der Waals surface area contributed by atoms with Gasteiger partial charge in [-0.3, -0.25) is 4.79 Å². The number of halogens is 1. The van der Waals surface area contributed by atoms with Crippen molar-refractivity contribution in [1.82, 2.24) is 14.8 Å². The van der Waals surface area contributed by atoms with E-state index in [0.29, 0.717) is 29.4 Å². The number of nitrogens with two attached hydrogens (primary N) is 1. The number of furan rings is 1. The molecule has 0 radical (unpaired) electrons. The number of nitrogens with zero attached hydrogens (tertiary/aromatic N) is 3. The van der Waals surface area contributed by atoms with Gasteiger partial charge in [-0.25, -0.2) is 4.68 Å². The first-order chi connectivity index (χ1) is 13.1. The van der Waals surface area contributed by atoms with E-state index in [9.17, 15) is 4.79 Å². The van der Waals surface area contributed by atoms with Crippen LogP contribution >= 0.6 is 11.6 Å². The Morgan fingerprint density at radius 2 is 2.04 bits per heavy atom. The second-order valence-electron chi connectivity index (χ2n) is 6.75. The van der Waals surface area contributed by atoms with Crippen LogP contribution < -0.4 is 11.1 Å². The Morgan fingerprint density at radius 1 is 1.22 bits per heavy atom. The van der Waals surface area contributed by atoms with Crippen LogP contribution in [0, 0.1) is 0 Å². The van der Waals surface area contributed by atoms with Crippen LogP contribution in [0.25, 0.3) is 0 Å². The van der Waals surface area contributed by atoms with Crippen LogP contribution in [0.5, 0.6) is 0 Å². The smallest absolute Gasteiger partial charge is 0.241 e. The number of hydrogen-bond acceptors (Lipinski definition) is 6. The Bertz CT molecular complexity index is 1050. The zero-order valence-electron chi connectivity index (χ0n) is 14.2. The first kappa shape index (κ1) is 16.1. The normalized spacial score (nSPS) is 21.6. The maximum absolute atomic E-state index is 13.1. The van der Waals surface area contributed by atoms with E-state index in [-0.39, 0.29) is 23.7 Å². The molecule has 0 spiro atoms. The number of fused-ring (bicyclic) bond motifs is 1. The molecule has 136 valence electrons. The lowest BCUT2D eigenvalue weighted by molar-refractivity contribution is -0.117. The van der Waals surface area contributed by atoms with Crippen LogP contribution in [0.3, 0.4) is 0 Å². The average molecular weight is 382 g/mol. The highest BCUT2D eigenvalue weighted by atomic mass is 35.5. The quantitative estimate of drug-likeness (QED) is 0.704. The van der Waals surface area contributed by atoms with Crippen molar-refractivity contribution in [2.24, 2.45) is 0 Å². The number of Topliss-reactive ketones (excluding diaryl/α,β-unsaturated/α-hetero) is 1. The zero-order valence-corrected chi connectivity index (χ0v) is 15.0. The van der Waals surface area contributed by atoms with Crippen molar-refractivity contribution < 1.29 is 9.21 Å². The lowest BCUT2D eigenvalue weighted by atomic mass is 9.79. The summed E-state index contributed by atoms with van der Waals surface area (Å²) in [6.45, 7) is 0. The van der Waals surface area contributed by atoms with E-state index in [0.717, 1.165) is 17.0 Å². The third-order valence-electron chi connectivity index (χ3n) is 5.07. The number of nitrogens with one attached hydrogen (secondary N) is 1. The average Bonchev–Trinajstić information content (AvgIpc) is 3.29. The molecule has 0 unspecified atom stereocenters. The van der Waals surface area contributed by atoms with Gasteiger partial charge in [0.2, 0.25) is 11.9 Å². The molecule has 5 rings (SSSR count). The van der Waals surface area contributed by atoms with Crippen molar-refractivity contribution in [3.8, 4) is 0 Å². The number of carbonyl (C=O) groups is 1. The summed E-state index contributed by atoms with van der Waals surface area (Å²) in [5.41, 5.74) is 8.27. The maximum atomic E-state index is 13.1. The third-order valence-corrected chi connectivity index (χ3v) is 5.32. The van der Waals surface area contributed by atoms with Gasteiger partial charge in [0.1, 0.15) is 11.8 Å². The van der Waals surface area contributed by atoms with Gasteiger partial charge in [-0.2, -0.15) is 4.98 Å². The van der Waals surface area contributed by atoms with Gasteiger partial charge < -0.3 is 15.5 Å². The van der Waals surface area contributed by atoms with E-state index in [1.165, 1.54) is 0 Å². The van der Waals surface area contributed by atoms with Crippen LogP contribution in [0.2, 0.25) is 5.02 Å². The molecule has 1 aliphatic heterocycles. The Hall–Kier alpha value is -3.06. The Kier molecular flexibility index (Phi) is 3.58. The predicted molar refractivity (Wildman–Crippen MR) is 100 cm³/mol. The largest absolute Gasteiger partial charge is 0.469 e. The van der Waals surface area contributed by atoms with Crippen LogP contribution in [0.1, 0.15) is 36.1 Å². The van der Waals surface area contributed by atoms with Gasteiger partial charge >= 0.3 is 0 Å². The lowest BCUT2D eigenvalue weighted by Crippen LogP contribution is -2.33. The minimum atomic E-state index is -0.386. The summed E-state index contributed by atoms with van der Waals surface area (Å²) in [7, 11) is 0. The molecule has 3 N–H and O–H groups in total. The molecule has 8 heteroatoms.